The lowest BCUT2D eigenvalue weighted by atomic mass is 9.97. The summed E-state index contributed by atoms with van der Waals surface area (Å²) in [4.78, 5) is 0.507. The highest BCUT2D eigenvalue weighted by molar-refractivity contribution is 14.1. The van der Waals surface area contributed by atoms with E-state index in [2.05, 4.69) is 87.1 Å². The molecule has 2 aromatic rings. The fourth-order valence-electron chi connectivity index (χ4n) is 2.73. The Labute approximate surface area is 130 Å². The lowest BCUT2D eigenvalue weighted by Crippen LogP contribution is -2.06. The van der Waals surface area contributed by atoms with Crippen LogP contribution in [0.25, 0.3) is 0 Å². The molecule has 0 bridgehead atoms. The van der Waals surface area contributed by atoms with E-state index < -0.39 is 0 Å². The molecule has 2 heteroatoms. The van der Waals surface area contributed by atoms with Gasteiger partial charge in [-0.1, -0.05) is 52.3 Å². The van der Waals surface area contributed by atoms with E-state index in [-0.39, 0.29) is 0 Å². The third-order valence-corrected chi connectivity index (χ3v) is 5.62. The van der Waals surface area contributed by atoms with E-state index in [9.17, 15) is 0 Å². The van der Waals surface area contributed by atoms with Gasteiger partial charge in [0.15, 0.2) is 0 Å². The van der Waals surface area contributed by atoms with Gasteiger partial charge in [0.05, 0.1) is 0 Å². The molecule has 2 aromatic carbocycles. The van der Waals surface area contributed by atoms with Gasteiger partial charge in [-0.25, -0.2) is 0 Å². The van der Waals surface area contributed by atoms with E-state index >= 15 is 0 Å². The fourth-order valence-corrected chi connectivity index (χ4v) is 3.91. The zero-order valence-corrected chi connectivity index (χ0v) is 13.7. The highest BCUT2D eigenvalue weighted by atomic mass is 127. The number of alkyl halides is 1. The average Bonchev–Trinajstić information content (AvgIpc) is 2.70. The van der Waals surface area contributed by atoms with Crippen molar-refractivity contribution in [1.82, 2.24) is 0 Å². The van der Waals surface area contributed by atoms with Gasteiger partial charge in [-0.05, 0) is 70.2 Å². The number of hydrogen-bond donors (Lipinski definition) is 0. The molecule has 1 aliphatic rings. The van der Waals surface area contributed by atoms with Gasteiger partial charge in [0, 0.05) is 8.40 Å². The summed E-state index contributed by atoms with van der Waals surface area (Å²) in [7, 11) is 0. The quantitative estimate of drug-likeness (QED) is 0.473. The molecular formula is C16H14BrI. The van der Waals surface area contributed by atoms with E-state index in [1.807, 2.05) is 0 Å². The monoisotopic (exact) mass is 412 g/mol. The second-order valence-corrected chi connectivity index (χ2v) is 7.13. The second-order valence-electron chi connectivity index (χ2n) is 4.90. The lowest BCUT2D eigenvalue weighted by Gasteiger charge is -2.14. The number of halogens is 2. The topological polar surface area (TPSA) is 0 Å². The Morgan fingerprint density at radius 3 is 2.50 bits per heavy atom. The molecule has 2 unspecified atom stereocenters. The summed E-state index contributed by atoms with van der Waals surface area (Å²) in [5, 5.41) is 0. The fraction of sp³-hybridized carbons (Fsp3) is 0.250. The van der Waals surface area contributed by atoms with Crippen molar-refractivity contribution < 1.29 is 0 Å². The largest absolute Gasteiger partial charge is 0.0835 e. The van der Waals surface area contributed by atoms with E-state index in [0.29, 0.717) is 10.7 Å². The molecule has 0 heterocycles. The first kappa shape index (κ1) is 12.7. The standard InChI is InChI=1S/C16H14BrI/c17-16-13(9-11-5-7-14(18)8-6-11)10-12-3-1-2-4-15(12)16/h1-8,13,16H,9-10H2. The van der Waals surface area contributed by atoms with Crippen molar-refractivity contribution in [2.75, 3.05) is 0 Å². The van der Waals surface area contributed by atoms with Crippen molar-refractivity contribution in [2.45, 2.75) is 17.7 Å². The highest BCUT2D eigenvalue weighted by Gasteiger charge is 2.29. The normalized spacial score (nSPS) is 21.9. The lowest BCUT2D eigenvalue weighted by molar-refractivity contribution is 0.555. The van der Waals surface area contributed by atoms with Crippen molar-refractivity contribution in [1.29, 1.82) is 0 Å². The molecule has 2 atom stereocenters. The highest BCUT2D eigenvalue weighted by Crippen LogP contribution is 2.43. The van der Waals surface area contributed by atoms with E-state index in [0.717, 1.165) is 6.42 Å². The minimum Gasteiger partial charge on any atom is -0.0835 e. The molecule has 0 spiro atoms. The Morgan fingerprint density at radius 2 is 1.78 bits per heavy atom. The van der Waals surface area contributed by atoms with Crippen LogP contribution in [0.4, 0.5) is 0 Å². The van der Waals surface area contributed by atoms with Crippen molar-refractivity contribution in [3.05, 3.63) is 68.8 Å². The molecule has 0 radical (unpaired) electrons. The molecule has 0 nitrogen and oxygen atoms in total. The van der Waals surface area contributed by atoms with Gasteiger partial charge in [0.25, 0.3) is 0 Å². The molecule has 0 aliphatic heterocycles. The number of benzene rings is 2. The third-order valence-electron chi connectivity index (χ3n) is 3.66. The maximum atomic E-state index is 3.87. The van der Waals surface area contributed by atoms with Crippen LogP contribution in [0, 0.1) is 9.49 Å². The summed E-state index contributed by atoms with van der Waals surface area (Å²) in [5.41, 5.74) is 4.43. The molecule has 18 heavy (non-hydrogen) atoms. The van der Waals surface area contributed by atoms with Crippen molar-refractivity contribution in [3.63, 3.8) is 0 Å². The number of rotatable bonds is 2. The molecule has 1 aliphatic carbocycles. The minimum absolute atomic E-state index is 0.507. The summed E-state index contributed by atoms with van der Waals surface area (Å²) in [5.74, 6) is 0.683. The van der Waals surface area contributed by atoms with Crippen LogP contribution >= 0.6 is 38.5 Å². The van der Waals surface area contributed by atoms with Gasteiger partial charge in [0.1, 0.15) is 0 Å². The molecule has 0 saturated carbocycles. The third kappa shape index (κ3) is 2.50. The predicted octanol–water partition coefficient (Wildman–Crippen LogP) is 5.14. The Morgan fingerprint density at radius 1 is 1.06 bits per heavy atom. The Balaban J connectivity index is 1.78. The van der Waals surface area contributed by atoms with Crippen LogP contribution in [0.1, 0.15) is 21.5 Å². The molecule has 0 saturated heterocycles. The van der Waals surface area contributed by atoms with Gasteiger partial charge < -0.3 is 0 Å². The zero-order valence-electron chi connectivity index (χ0n) is 9.94. The van der Waals surface area contributed by atoms with Crippen LogP contribution in [-0.2, 0) is 12.8 Å². The van der Waals surface area contributed by atoms with Crippen LogP contribution in [0.2, 0.25) is 0 Å². The second kappa shape index (κ2) is 5.33. The summed E-state index contributed by atoms with van der Waals surface area (Å²) in [6.07, 6.45) is 2.35. The Bertz CT molecular complexity index is 547. The molecular weight excluding hydrogens is 399 g/mol. The van der Waals surface area contributed by atoms with Gasteiger partial charge in [-0.2, -0.15) is 0 Å². The summed E-state index contributed by atoms with van der Waals surface area (Å²) >= 11 is 6.23. The van der Waals surface area contributed by atoms with Crippen molar-refractivity contribution >= 4 is 38.5 Å². The van der Waals surface area contributed by atoms with Crippen LogP contribution < -0.4 is 0 Å². The van der Waals surface area contributed by atoms with Gasteiger partial charge in [0.2, 0.25) is 0 Å². The molecule has 0 fully saturated rings. The number of fused-ring (bicyclic) bond motifs is 1. The average molecular weight is 413 g/mol. The summed E-state index contributed by atoms with van der Waals surface area (Å²) in [6.45, 7) is 0. The van der Waals surface area contributed by atoms with Crippen LogP contribution in [0.15, 0.2) is 48.5 Å². The minimum atomic E-state index is 0.507. The zero-order chi connectivity index (χ0) is 12.5. The molecule has 0 aromatic heterocycles. The van der Waals surface area contributed by atoms with Gasteiger partial charge in [-0.15, -0.1) is 0 Å². The predicted molar refractivity (Wildman–Crippen MR) is 88.2 cm³/mol. The SMILES string of the molecule is BrC1c2ccccc2CC1Cc1ccc(I)cc1. The maximum Gasteiger partial charge on any atom is 0.0432 e. The van der Waals surface area contributed by atoms with Gasteiger partial charge in [-0.3, -0.25) is 0 Å². The van der Waals surface area contributed by atoms with E-state index in [1.165, 1.54) is 26.7 Å². The molecule has 3 rings (SSSR count). The molecule has 0 N–H and O–H groups in total. The maximum absolute atomic E-state index is 3.87. The first-order valence-electron chi connectivity index (χ1n) is 6.20. The Kier molecular flexibility index (Phi) is 3.76. The van der Waals surface area contributed by atoms with E-state index in [1.54, 1.807) is 0 Å². The van der Waals surface area contributed by atoms with Crippen LogP contribution in [-0.4, -0.2) is 0 Å². The first-order chi connectivity index (χ1) is 8.74. The summed E-state index contributed by atoms with van der Waals surface area (Å²) in [6, 6.07) is 17.7. The molecule has 92 valence electrons. The molecule has 0 amide bonds. The van der Waals surface area contributed by atoms with Crippen LogP contribution in [0.5, 0.6) is 0 Å². The van der Waals surface area contributed by atoms with Gasteiger partial charge >= 0.3 is 0 Å². The van der Waals surface area contributed by atoms with Crippen molar-refractivity contribution in [3.8, 4) is 0 Å². The van der Waals surface area contributed by atoms with Crippen molar-refractivity contribution in [2.24, 2.45) is 5.92 Å². The van der Waals surface area contributed by atoms with E-state index in [4.69, 9.17) is 0 Å². The van der Waals surface area contributed by atoms with Crippen LogP contribution in [0.3, 0.4) is 0 Å². The summed E-state index contributed by atoms with van der Waals surface area (Å²) < 4.78 is 1.31. The first-order valence-corrected chi connectivity index (χ1v) is 8.20. The number of hydrogen-bond acceptors (Lipinski definition) is 0. The smallest absolute Gasteiger partial charge is 0.0432 e. The Hall–Kier alpha value is -0.350.